The lowest BCUT2D eigenvalue weighted by atomic mass is 10.4. The highest BCUT2D eigenvalue weighted by atomic mass is 15.4. The summed E-state index contributed by atoms with van der Waals surface area (Å²) in [4.78, 5) is 17.7. The number of hydrogen-bond donors (Lipinski definition) is 1. The van der Waals surface area contributed by atoms with Crippen molar-refractivity contribution >= 4 is 22.7 Å². The van der Waals surface area contributed by atoms with E-state index in [-0.39, 0.29) is 0 Å². The Hall–Kier alpha value is -3.29. The largest absolute Gasteiger partial charge is 0.338 e. The van der Waals surface area contributed by atoms with Crippen LogP contribution in [0.25, 0.3) is 17.1 Å². The molecule has 0 aliphatic carbocycles. The maximum absolute atomic E-state index is 4.64. The first-order chi connectivity index (χ1) is 11.6. The number of fused-ring (bicyclic) bond motifs is 1. The van der Waals surface area contributed by atoms with Crippen LogP contribution in [0.5, 0.6) is 0 Å². The van der Waals surface area contributed by atoms with E-state index in [0.29, 0.717) is 17.3 Å². The molecule has 0 spiro atoms. The predicted octanol–water partition coefficient (Wildman–Crippen LogP) is 2.30. The van der Waals surface area contributed by atoms with Crippen LogP contribution >= 0.6 is 0 Å². The van der Waals surface area contributed by atoms with Crippen molar-refractivity contribution in [3.8, 4) is 5.95 Å². The van der Waals surface area contributed by atoms with Crippen molar-refractivity contribution in [2.75, 3.05) is 5.32 Å². The summed E-state index contributed by atoms with van der Waals surface area (Å²) in [6.07, 6.45) is 5.17. The summed E-state index contributed by atoms with van der Waals surface area (Å²) in [6.45, 7) is 3.93. The topological polar surface area (TPSA) is 86.3 Å². The number of aryl methyl sites for hydroxylation is 3. The van der Waals surface area contributed by atoms with E-state index in [1.54, 1.807) is 23.4 Å². The third-order valence-corrected chi connectivity index (χ3v) is 3.69. The van der Waals surface area contributed by atoms with E-state index < -0.39 is 0 Å². The third kappa shape index (κ3) is 2.37. The van der Waals surface area contributed by atoms with Gasteiger partial charge in [0.05, 0.1) is 12.0 Å². The van der Waals surface area contributed by atoms with Crippen LogP contribution in [-0.2, 0) is 7.05 Å². The quantitative estimate of drug-likeness (QED) is 0.623. The second-order valence-corrected chi connectivity index (χ2v) is 5.60. The van der Waals surface area contributed by atoms with Gasteiger partial charge in [-0.1, -0.05) is 0 Å². The van der Waals surface area contributed by atoms with Crippen molar-refractivity contribution < 1.29 is 0 Å². The fourth-order valence-corrected chi connectivity index (χ4v) is 2.58. The number of rotatable bonds is 3. The zero-order valence-electron chi connectivity index (χ0n) is 13.6. The van der Waals surface area contributed by atoms with E-state index in [1.165, 1.54) is 0 Å². The van der Waals surface area contributed by atoms with Gasteiger partial charge in [-0.15, -0.1) is 0 Å². The van der Waals surface area contributed by atoms with Crippen molar-refractivity contribution in [3.05, 3.63) is 48.3 Å². The van der Waals surface area contributed by atoms with E-state index in [2.05, 4.69) is 30.4 Å². The predicted molar refractivity (Wildman–Crippen MR) is 90.4 cm³/mol. The first-order valence-corrected chi connectivity index (χ1v) is 7.51. The third-order valence-electron chi connectivity index (χ3n) is 3.69. The first-order valence-electron chi connectivity index (χ1n) is 7.51. The molecule has 4 heterocycles. The molecule has 0 aliphatic heterocycles. The smallest absolute Gasteiger partial charge is 0.254 e. The number of imidazole rings is 1. The van der Waals surface area contributed by atoms with Crippen LogP contribution in [0.4, 0.5) is 11.5 Å². The van der Waals surface area contributed by atoms with Crippen LogP contribution in [0.2, 0.25) is 0 Å². The number of nitrogens with zero attached hydrogens (tertiary/aromatic N) is 7. The Bertz CT molecular complexity index is 1020. The Balaban J connectivity index is 1.90. The zero-order valence-corrected chi connectivity index (χ0v) is 13.6. The van der Waals surface area contributed by atoms with Gasteiger partial charge in [0.2, 0.25) is 0 Å². The maximum Gasteiger partial charge on any atom is 0.254 e. The van der Waals surface area contributed by atoms with Gasteiger partial charge in [-0.2, -0.15) is 15.1 Å². The lowest BCUT2D eigenvalue weighted by Gasteiger charge is -2.09. The number of aromatic nitrogens is 7. The molecule has 4 aromatic heterocycles. The van der Waals surface area contributed by atoms with E-state index in [1.807, 2.05) is 43.7 Å². The SMILES string of the molecule is Cc1cc(C)n(-c2nc(Nc3ccncc3)c3ncn(C)c3n2)n1. The highest BCUT2D eigenvalue weighted by Crippen LogP contribution is 2.23. The Morgan fingerprint density at radius 1 is 1.08 bits per heavy atom. The lowest BCUT2D eigenvalue weighted by molar-refractivity contribution is 0.776. The Kier molecular flexibility index (Phi) is 3.23. The van der Waals surface area contributed by atoms with Gasteiger partial charge in [0, 0.05) is 30.8 Å². The van der Waals surface area contributed by atoms with Crippen LogP contribution in [0, 0.1) is 13.8 Å². The average molecular weight is 320 g/mol. The van der Waals surface area contributed by atoms with Gasteiger partial charge in [-0.3, -0.25) is 4.98 Å². The molecular weight excluding hydrogens is 304 g/mol. The molecule has 0 fully saturated rings. The molecule has 0 bridgehead atoms. The summed E-state index contributed by atoms with van der Waals surface area (Å²) >= 11 is 0. The highest BCUT2D eigenvalue weighted by Gasteiger charge is 2.15. The zero-order chi connectivity index (χ0) is 16.7. The Morgan fingerprint density at radius 2 is 1.88 bits per heavy atom. The Morgan fingerprint density at radius 3 is 2.58 bits per heavy atom. The van der Waals surface area contributed by atoms with Crippen LogP contribution in [-0.4, -0.2) is 34.3 Å². The molecular formula is C16H16N8. The van der Waals surface area contributed by atoms with Crippen LogP contribution < -0.4 is 5.32 Å². The van der Waals surface area contributed by atoms with Crippen molar-refractivity contribution in [2.45, 2.75) is 13.8 Å². The van der Waals surface area contributed by atoms with Gasteiger partial charge in [-0.25, -0.2) is 9.67 Å². The molecule has 0 atom stereocenters. The molecule has 4 rings (SSSR count). The van der Waals surface area contributed by atoms with Gasteiger partial charge in [0.15, 0.2) is 17.0 Å². The van der Waals surface area contributed by atoms with E-state index >= 15 is 0 Å². The molecule has 0 radical (unpaired) electrons. The van der Waals surface area contributed by atoms with Crippen LogP contribution in [0.1, 0.15) is 11.4 Å². The van der Waals surface area contributed by atoms with Gasteiger partial charge in [-0.05, 0) is 32.0 Å². The van der Waals surface area contributed by atoms with Crippen LogP contribution in [0.15, 0.2) is 36.9 Å². The van der Waals surface area contributed by atoms with E-state index in [4.69, 9.17) is 0 Å². The van der Waals surface area contributed by atoms with Crippen LogP contribution in [0.3, 0.4) is 0 Å². The summed E-state index contributed by atoms with van der Waals surface area (Å²) < 4.78 is 3.60. The number of pyridine rings is 1. The average Bonchev–Trinajstić information content (AvgIpc) is 3.11. The van der Waals surface area contributed by atoms with Crippen molar-refractivity contribution in [2.24, 2.45) is 7.05 Å². The van der Waals surface area contributed by atoms with Crippen molar-refractivity contribution in [1.29, 1.82) is 0 Å². The summed E-state index contributed by atoms with van der Waals surface area (Å²) in [5, 5.41) is 7.76. The van der Waals surface area contributed by atoms with Crippen molar-refractivity contribution in [3.63, 3.8) is 0 Å². The standard InChI is InChI=1S/C16H16N8/c1-10-8-11(2)24(22-10)16-20-14(19-12-4-6-17-7-5-12)13-15(21-16)23(3)9-18-13/h4-9H,1-3H3,(H,17,19,20,21). The fraction of sp³-hybridized carbons (Fsp3) is 0.188. The molecule has 0 saturated heterocycles. The van der Waals surface area contributed by atoms with Gasteiger partial charge < -0.3 is 9.88 Å². The van der Waals surface area contributed by atoms with Gasteiger partial charge >= 0.3 is 0 Å². The molecule has 1 N–H and O–H groups in total. The summed E-state index contributed by atoms with van der Waals surface area (Å²) in [5.74, 6) is 1.14. The second kappa shape index (κ2) is 5.41. The second-order valence-electron chi connectivity index (χ2n) is 5.60. The summed E-state index contributed by atoms with van der Waals surface area (Å²) in [5.41, 5.74) is 4.23. The number of nitrogens with one attached hydrogen (secondary N) is 1. The molecule has 24 heavy (non-hydrogen) atoms. The van der Waals surface area contributed by atoms with Crippen molar-refractivity contribution in [1.82, 2.24) is 34.3 Å². The Labute approximate surface area is 138 Å². The number of anilines is 2. The van der Waals surface area contributed by atoms with E-state index in [9.17, 15) is 0 Å². The fourth-order valence-electron chi connectivity index (χ4n) is 2.58. The molecule has 0 saturated carbocycles. The maximum atomic E-state index is 4.64. The monoisotopic (exact) mass is 320 g/mol. The van der Waals surface area contributed by atoms with Gasteiger partial charge in [0.1, 0.15) is 0 Å². The molecule has 8 heteroatoms. The minimum Gasteiger partial charge on any atom is -0.338 e. The highest BCUT2D eigenvalue weighted by molar-refractivity contribution is 5.85. The molecule has 4 aromatic rings. The molecule has 0 aromatic carbocycles. The molecule has 0 amide bonds. The number of hydrogen-bond acceptors (Lipinski definition) is 6. The minimum atomic E-state index is 0.508. The van der Waals surface area contributed by atoms with Gasteiger partial charge in [0.25, 0.3) is 5.95 Å². The minimum absolute atomic E-state index is 0.508. The summed E-state index contributed by atoms with van der Waals surface area (Å²) in [7, 11) is 1.91. The lowest BCUT2D eigenvalue weighted by Crippen LogP contribution is -2.08. The normalized spacial score (nSPS) is 11.1. The summed E-state index contributed by atoms with van der Waals surface area (Å²) in [6, 6.07) is 5.74. The molecule has 0 unspecified atom stereocenters. The van der Waals surface area contributed by atoms with E-state index in [0.717, 1.165) is 22.7 Å². The first kappa shape index (κ1) is 14.3. The molecule has 0 aliphatic rings. The molecule has 120 valence electrons. The molecule has 8 nitrogen and oxygen atoms in total.